The summed E-state index contributed by atoms with van der Waals surface area (Å²) in [7, 11) is 3.07. The maximum Gasteiger partial charge on any atom is 0.416 e. The largest absolute Gasteiger partial charge is 0.493 e. The molecule has 1 heterocycles. The normalized spacial score (nSPS) is 14.7. The first-order valence-electron chi connectivity index (χ1n) is 10.2. The van der Waals surface area contributed by atoms with Crippen LogP contribution in [-0.2, 0) is 17.4 Å². The number of hydrogen-bond acceptors (Lipinski definition) is 4. The molecule has 6 nitrogen and oxygen atoms in total. The van der Waals surface area contributed by atoms with E-state index in [9.17, 15) is 22.8 Å². The Morgan fingerprint density at radius 2 is 1.62 bits per heavy atom. The molecule has 32 heavy (non-hydrogen) atoms. The van der Waals surface area contributed by atoms with Crippen molar-refractivity contribution in [3.05, 3.63) is 59.2 Å². The lowest BCUT2D eigenvalue weighted by atomic mass is 10.0. The zero-order chi connectivity index (χ0) is 23.3. The summed E-state index contributed by atoms with van der Waals surface area (Å²) in [6.45, 7) is 0.836. The minimum absolute atomic E-state index is 0.0701. The van der Waals surface area contributed by atoms with Gasteiger partial charge in [0.1, 0.15) is 0 Å². The number of benzene rings is 2. The van der Waals surface area contributed by atoms with Gasteiger partial charge in [-0.15, -0.1) is 0 Å². The van der Waals surface area contributed by atoms with Gasteiger partial charge < -0.3 is 19.7 Å². The first-order chi connectivity index (χ1) is 15.2. The van der Waals surface area contributed by atoms with Crippen LogP contribution in [0.25, 0.3) is 0 Å². The molecular weight excluding hydrogens is 425 g/mol. The first kappa shape index (κ1) is 23.4. The summed E-state index contributed by atoms with van der Waals surface area (Å²) in [5, 5.41) is 2.98. The number of nitrogens with zero attached hydrogens (tertiary/aromatic N) is 1. The number of rotatable bonds is 6. The Morgan fingerprint density at radius 3 is 2.19 bits per heavy atom. The average Bonchev–Trinajstić information content (AvgIpc) is 2.78. The van der Waals surface area contributed by atoms with Crippen molar-refractivity contribution >= 4 is 11.8 Å². The molecule has 9 heteroatoms. The quantitative estimate of drug-likeness (QED) is 0.729. The van der Waals surface area contributed by atoms with Crippen molar-refractivity contribution in [1.82, 2.24) is 10.2 Å². The van der Waals surface area contributed by atoms with Crippen LogP contribution in [0.2, 0.25) is 0 Å². The van der Waals surface area contributed by atoms with Crippen LogP contribution in [0, 0.1) is 0 Å². The number of alkyl halides is 3. The number of amides is 2. The smallest absolute Gasteiger partial charge is 0.416 e. The predicted molar refractivity (Wildman–Crippen MR) is 112 cm³/mol. The summed E-state index contributed by atoms with van der Waals surface area (Å²) in [5.41, 5.74) is 0.217. The summed E-state index contributed by atoms with van der Waals surface area (Å²) in [6.07, 6.45) is -3.10. The molecule has 0 aliphatic carbocycles. The van der Waals surface area contributed by atoms with Gasteiger partial charge in [-0.05, 0) is 54.8 Å². The van der Waals surface area contributed by atoms with Crippen LogP contribution in [0.1, 0.15) is 34.3 Å². The van der Waals surface area contributed by atoms with Crippen molar-refractivity contribution in [2.24, 2.45) is 0 Å². The zero-order valence-electron chi connectivity index (χ0n) is 17.9. The molecule has 0 aromatic heterocycles. The lowest BCUT2D eigenvalue weighted by Crippen LogP contribution is -2.46. The molecule has 0 saturated carbocycles. The number of ether oxygens (including phenoxy) is 2. The van der Waals surface area contributed by atoms with Gasteiger partial charge in [0.15, 0.2) is 11.5 Å². The summed E-state index contributed by atoms with van der Waals surface area (Å²) in [5.74, 6) is 0.688. The van der Waals surface area contributed by atoms with E-state index in [-0.39, 0.29) is 29.8 Å². The maximum absolute atomic E-state index is 12.7. The van der Waals surface area contributed by atoms with E-state index in [2.05, 4.69) is 5.32 Å². The third-order valence-electron chi connectivity index (χ3n) is 5.42. The van der Waals surface area contributed by atoms with Gasteiger partial charge in [0, 0.05) is 24.7 Å². The Kier molecular flexibility index (Phi) is 7.27. The minimum Gasteiger partial charge on any atom is -0.493 e. The molecule has 1 fully saturated rings. The van der Waals surface area contributed by atoms with E-state index >= 15 is 0 Å². The highest BCUT2D eigenvalue weighted by Gasteiger charge is 2.31. The Labute approximate surface area is 184 Å². The molecule has 0 bridgehead atoms. The lowest BCUT2D eigenvalue weighted by Gasteiger charge is -2.32. The van der Waals surface area contributed by atoms with E-state index in [4.69, 9.17) is 9.47 Å². The highest BCUT2D eigenvalue weighted by Crippen LogP contribution is 2.30. The molecule has 2 amide bonds. The maximum atomic E-state index is 12.7. The molecule has 172 valence electrons. The second kappa shape index (κ2) is 9.93. The van der Waals surface area contributed by atoms with Crippen molar-refractivity contribution in [3.8, 4) is 11.5 Å². The van der Waals surface area contributed by atoms with Crippen LogP contribution in [0.4, 0.5) is 13.2 Å². The van der Waals surface area contributed by atoms with Gasteiger partial charge in [-0.1, -0.05) is 6.07 Å². The number of methoxy groups -OCH3 is 2. The van der Waals surface area contributed by atoms with Crippen molar-refractivity contribution in [2.75, 3.05) is 27.3 Å². The number of hydrogen-bond donors (Lipinski definition) is 1. The van der Waals surface area contributed by atoms with Crippen LogP contribution >= 0.6 is 0 Å². The number of nitrogens with one attached hydrogen (secondary N) is 1. The van der Waals surface area contributed by atoms with Gasteiger partial charge in [0.05, 0.1) is 26.2 Å². The third-order valence-corrected chi connectivity index (χ3v) is 5.42. The molecule has 1 aliphatic heterocycles. The summed E-state index contributed by atoms with van der Waals surface area (Å²) in [4.78, 5) is 26.6. The van der Waals surface area contributed by atoms with Crippen LogP contribution < -0.4 is 14.8 Å². The van der Waals surface area contributed by atoms with Gasteiger partial charge in [-0.2, -0.15) is 13.2 Å². The average molecular weight is 450 g/mol. The minimum atomic E-state index is -4.44. The van der Waals surface area contributed by atoms with Gasteiger partial charge >= 0.3 is 6.18 Å². The van der Waals surface area contributed by atoms with Crippen molar-refractivity contribution in [1.29, 1.82) is 0 Å². The molecule has 1 aliphatic rings. The molecule has 1 saturated heterocycles. The second-order valence-corrected chi connectivity index (χ2v) is 7.58. The van der Waals surface area contributed by atoms with E-state index in [1.165, 1.54) is 19.2 Å². The SMILES string of the molecule is COc1ccc(CC(=O)NC2CCN(C(=O)c3ccc(C(F)(F)F)cc3)CC2)cc1OC. The zero-order valence-corrected chi connectivity index (χ0v) is 17.9. The molecule has 2 aromatic rings. The van der Waals surface area contributed by atoms with Crippen LogP contribution in [0.5, 0.6) is 11.5 Å². The summed E-state index contributed by atoms with van der Waals surface area (Å²) >= 11 is 0. The number of halogens is 3. The molecule has 0 radical (unpaired) electrons. The molecule has 2 aromatic carbocycles. The molecule has 0 spiro atoms. The number of carbonyl (C=O) groups is 2. The predicted octanol–water partition coefficient (Wildman–Crippen LogP) is 3.69. The van der Waals surface area contributed by atoms with Gasteiger partial charge in [-0.3, -0.25) is 9.59 Å². The van der Waals surface area contributed by atoms with Crippen LogP contribution in [0.3, 0.4) is 0 Å². The van der Waals surface area contributed by atoms with Gasteiger partial charge in [0.2, 0.25) is 5.91 Å². The standard InChI is InChI=1S/C23H25F3N2O4/c1-31-19-8-3-15(13-20(19)32-2)14-21(29)27-18-9-11-28(12-10-18)22(30)16-4-6-17(7-5-16)23(24,25)26/h3-8,13,18H,9-12,14H2,1-2H3,(H,27,29). The molecule has 1 N–H and O–H groups in total. The monoisotopic (exact) mass is 450 g/mol. The molecular formula is C23H25F3N2O4. The summed E-state index contributed by atoms with van der Waals surface area (Å²) in [6, 6.07) is 9.44. The molecule has 3 rings (SSSR count). The molecule has 0 unspecified atom stereocenters. The van der Waals surface area contributed by atoms with Gasteiger partial charge in [-0.25, -0.2) is 0 Å². The number of carbonyl (C=O) groups excluding carboxylic acids is 2. The fraction of sp³-hybridized carbons (Fsp3) is 0.391. The van der Waals surface area contributed by atoms with E-state index in [1.807, 2.05) is 0 Å². The van der Waals surface area contributed by atoms with E-state index in [0.29, 0.717) is 37.4 Å². The fourth-order valence-electron chi connectivity index (χ4n) is 3.67. The topological polar surface area (TPSA) is 67.9 Å². The van der Waals surface area contributed by atoms with Crippen molar-refractivity contribution in [2.45, 2.75) is 31.5 Å². The number of piperidine rings is 1. The highest BCUT2D eigenvalue weighted by atomic mass is 19.4. The van der Waals surface area contributed by atoms with Gasteiger partial charge in [0.25, 0.3) is 5.91 Å². The Hall–Kier alpha value is -3.23. The van der Waals surface area contributed by atoms with Crippen LogP contribution in [0.15, 0.2) is 42.5 Å². The Morgan fingerprint density at radius 1 is 1.00 bits per heavy atom. The highest BCUT2D eigenvalue weighted by molar-refractivity contribution is 5.94. The van der Waals surface area contributed by atoms with E-state index < -0.39 is 11.7 Å². The van der Waals surface area contributed by atoms with Crippen LogP contribution in [-0.4, -0.2) is 50.1 Å². The first-order valence-corrected chi connectivity index (χ1v) is 10.2. The second-order valence-electron chi connectivity index (χ2n) is 7.58. The van der Waals surface area contributed by atoms with Crippen molar-refractivity contribution < 1.29 is 32.2 Å². The summed E-state index contributed by atoms with van der Waals surface area (Å²) < 4.78 is 48.5. The fourth-order valence-corrected chi connectivity index (χ4v) is 3.67. The van der Waals surface area contributed by atoms with E-state index in [0.717, 1.165) is 17.7 Å². The number of likely N-dealkylation sites (tertiary alicyclic amines) is 1. The lowest BCUT2D eigenvalue weighted by molar-refractivity contribution is -0.137. The Balaban J connectivity index is 1.50. The molecule has 0 atom stereocenters. The van der Waals surface area contributed by atoms with E-state index in [1.54, 1.807) is 30.2 Å². The Bertz CT molecular complexity index is 953. The van der Waals surface area contributed by atoms with Crippen molar-refractivity contribution in [3.63, 3.8) is 0 Å². The third kappa shape index (κ3) is 5.72.